The number of hydrogen-bond acceptors (Lipinski definition) is 2. The lowest BCUT2D eigenvalue weighted by atomic mass is 10.2. The van der Waals surface area contributed by atoms with Gasteiger partial charge in [-0.1, -0.05) is 59.6 Å². The molecule has 0 aliphatic heterocycles. The molecule has 1 atom stereocenters. The molecule has 27 heavy (non-hydrogen) atoms. The molecule has 140 valence electrons. The minimum absolute atomic E-state index is 0.231. The maximum absolute atomic E-state index is 11.9. The van der Waals surface area contributed by atoms with E-state index in [-0.39, 0.29) is 17.9 Å². The van der Waals surface area contributed by atoms with Gasteiger partial charge in [-0.15, -0.1) is 0 Å². The van der Waals surface area contributed by atoms with Gasteiger partial charge in [-0.2, -0.15) is 0 Å². The van der Waals surface area contributed by atoms with Gasteiger partial charge in [0.25, 0.3) is 0 Å². The third-order valence-corrected chi connectivity index (χ3v) is 4.30. The molecule has 0 aromatic heterocycles. The summed E-state index contributed by atoms with van der Waals surface area (Å²) in [6, 6.07) is 14.3. The second-order valence-electron chi connectivity index (χ2n) is 5.86. The van der Waals surface area contributed by atoms with Gasteiger partial charge >= 0.3 is 0 Å². The normalized spacial score (nSPS) is 12.3. The first-order chi connectivity index (χ1) is 13.0. The molecule has 0 saturated heterocycles. The van der Waals surface area contributed by atoms with Gasteiger partial charge in [0, 0.05) is 34.8 Å². The van der Waals surface area contributed by atoms with Crippen molar-refractivity contribution in [2.45, 2.75) is 13.0 Å². The van der Waals surface area contributed by atoms with Crippen LogP contribution in [0.3, 0.4) is 0 Å². The van der Waals surface area contributed by atoms with Crippen LogP contribution < -0.4 is 10.6 Å². The lowest BCUT2D eigenvalue weighted by Crippen LogP contribution is -2.40. The molecule has 0 radical (unpaired) electrons. The number of benzene rings is 2. The molecule has 2 aromatic rings. The molecule has 0 spiro atoms. The number of halogens is 2. The van der Waals surface area contributed by atoms with Crippen molar-refractivity contribution >= 4 is 47.2 Å². The summed E-state index contributed by atoms with van der Waals surface area (Å²) in [6.07, 6.45) is 6.12. The Kier molecular flexibility index (Phi) is 8.11. The summed E-state index contributed by atoms with van der Waals surface area (Å²) in [5, 5.41) is 6.66. The molecule has 4 nitrogen and oxygen atoms in total. The molecule has 2 amide bonds. The van der Waals surface area contributed by atoms with Crippen LogP contribution in [-0.4, -0.2) is 24.4 Å². The molecule has 0 aliphatic rings. The minimum atomic E-state index is -0.261. The second kappa shape index (κ2) is 10.6. The van der Waals surface area contributed by atoms with Gasteiger partial charge in [0.1, 0.15) is 0 Å². The topological polar surface area (TPSA) is 58.2 Å². The first-order valence-electron chi connectivity index (χ1n) is 8.39. The van der Waals surface area contributed by atoms with Gasteiger partial charge in [-0.3, -0.25) is 9.59 Å². The number of amides is 2. The molecule has 0 saturated carbocycles. The minimum Gasteiger partial charge on any atom is -0.351 e. The zero-order valence-electron chi connectivity index (χ0n) is 14.8. The van der Waals surface area contributed by atoms with E-state index in [1.54, 1.807) is 31.2 Å². The average molecular weight is 403 g/mol. The van der Waals surface area contributed by atoms with Gasteiger partial charge in [0.05, 0.1) is 0 Å². The van der Waals surface area contributed by atoms with Gasteiger partial charge in [-0.05, 0) is 42.3 Å². The number of carbonyl (C=O) groups excluding carboxylic acids is 2. The summed E-state index contributed by atoms with van der Waals surface area (Å²) < 4.78 is 0. The molecule has 0 bridgehead atoms. The lowest BCUT2D eigenvalue weighted by Gasteiger charge is -2.12. The zero-order valence-corrected chi connectivity index (χ0v) is 16.3. The number of hydrogen-bond donors (Lipinski definition) is 2. The Morgan fingerprint density at radius 2 is 1.37 bits per heavy atom. The highest BCUT2D eigenvalue weighted by Gasteiger charge is 2.06. The van der Waals surface area contributed by atoms with Crippen molar-refractivity contribution in [1.82, 2.24) is 10.6 Å². The number of rotatable bonds is 7. The molecular weight excluding hydrogens is 383 g/mol. The van der Waals surface area contributed by atoms with E-state index in [9.17, 15) is 9.59 Å². The summed E-state index contributed by atoms with van der Waals surface area (Å²) in [7, 11) is 0. The Hall–Kier alpha value is -2.56. The van der Waals surface area contributed by atoms with Crippen molar-refractivity contribution in [3.05, 3.63) is 81.9 Å². The highest BCUT2D eigenvalue weighted by atomic mass is 35.5. The van der Waals surface area contributed by atoms with Crippen molar-refractivity contribution in [3.63, 3.8) is 0 Å². The van der Waals surface area contributed by atoms with E-state index < -0.39 is 0 Å². The first kappa shape index (κ1) is 20.7. The Morgan fingerprint density at radius 3 is 1.89 bits per heavy atom. The third kappa shape index (κ3) is 7.29. The maximum atomic E-state index is 11.9. The smallest absolute Gasteiger partial charge is 0.244 e. The number of carbonyl (C=O) groups is 2. The molecule has 2 aromatic carbocycles. The summed E-state index contributed by atoms with van der Waals surface area (Å²) in [5.74, 6) is -0.522. The molecule has 0 fully saturated rings. The van der Waals surface area contributed by atoms with Crippen LogP contribution in [0, 0.1) is 0 Å². The van der Waals surface area contributed by atoms with E-state index in [1.165, 1.54) is 12.2 Å². The highest BCUT2D eigenvalue weighted by Crippen LogP contribution is 2.16. The SMILES string of the molecule is C[C@H](CNC(=O)/C=C\c1ccccc1Cl)NC(=O)/C=C/c1ccccc1Cl. The summed E-state index contributed by atoms with van der Waals surface area (Å²) in [6.45, 7) is 2.11. The first-order valence-corrected chi connectivity index (χ1v) is 9.15. The number of nitrogens with one attached hydrogen (secondary N) is 2. The standard InChI is InChI=1S/C21H20Cl2N2O2/c1-15(25-21(27)13-11-17-7-3-5-9-19(17)23)14-24-20(26)12-10-16-6-2-4-8-18(16)22/h2-13,15H,14H2,1H3,(H,24,26)(H,25,27)/b12-10-,13-11+/t15-/m1/s1. The lowest BCUT2D eigenvalue weighted by molar-refractivity contribution is -0.118. The maximum Gasteiger partial charge on any atom is 0.244 e. The van der Waals surface area contributed by atoms with Crippen LogP contribution in [0.2, 0.25) is 10.0 Å². The summed E-state index contributed by atoms with van der Waals surface area (Å²) in [5.41, 5.74) is 1.53. The molecule has 2 N–H and O–H groups in total. The van der Waals surface area contributed by atoms with E-state index in [0.717, 1.165) is 11.1 Å². The predicted octanol–water partition coefficient (Wildman–Crippen LogP) is 4.34. The van der Waals surface area contributed by atoms with Crippen LogP contribution in [0.15, 0.2) is 60.7 Å². The van der Waals surface area contributed by atoms with Crippen LogP contribution in [0.4, 0.5) is 0 Å². The van der Waals surface area contributed by atoms with E-state index in [4.69, 9.17) is 23.2 Å². The van der Waals surface area contributed by atoms with Crippen molar-refractivity contribution in [2.75, 3.05) is 6.54 Å². The van der Waals surface area contributed by atoms with Gasteiger partial charge in [-0.25, -0.2) is 0 Å². The molecule has 6 heteroatoms. The summed E-state index contributed by atoms with van der Waals surface area (Å²) in [4.78, 5) is 23.8. The fraction of sp³-hybridized carbons (Fsp3) is 0.143. The largest absolute Gasteiger partial charge is 0.351 e. The predicted molar refractivity (Wildman–Crippen MR) is 112 cm³/mol. The fourth-order valence-corrected chi connectivity index (χ4v) is 2.60. The van der Waals surface area contributed by atoms with Crippen LogP contribution in [0.5, 0.6) is 0 Å². The van der Waals surface area contributed by atoms with E-state index in [1.807, 2.05) is 36.4 Å². The van der Waals surface area contributed by atoms with E-state index in [0.29, 0.717) is 16.6 Å². The monoisotopic (exact) mass is 402 g/mol. The van der Waals surface area contributed by atoms with Crippen molar-refractivity contribution in [3.8, 4) is 0 Å². The summed E-state index contributed by atoms with van der Waals surface area (Å²) >= 11 is 12.1. The van der Waals surface area contributed by atoms with E-state index in [2.05, 4.69) is 10.6 Å². The van der Waals surface area contributed by atoms with Crippen LogP contribution in [-0.2, 0) is 9.59 Å². The molecule has 0 aliphatic carbocycles. The Morgan fingerprint density at radius 1 is 0.889 bits per heavy atom. The Balaban J connectivity index is 1.77. The van der Waals surface area contributed by atoms with Crippen molar-refractivity contribution in [1.29, 1.82) is 0 Å². The van der Waals surface area contributed by atoms with Gasteiger partial charge in [0.15, 0.2) is 0 Å². The highest BCUT2D eigenvalue weighted by molar-refractivity contribution is 6.32. The fourth-order valence-electron chi connectivity index (χ4n) is 2.21. The van der Waals surface area contributed by atoms with Crippen LogP contribution in [0.25, 0.3) is 12.2 Å². The zero-order chi connectivity index (χ0) is 19.6. The van der Waals surface area contributed by atoms with Crippen molar-refractivity contribution < 1.29 is 9.59 Å². The molecular formula is C21H20Cl2N2O2. The third-order valence-electron chi connectivity index (χ3n) is 3.61. The van der Waals surface area contributed by atoms with Crippen LogP contribution >= 0.6 is 23.2 Å². The molecule has 0 heterocycles. The average Bonchev–Trinajstić information content (AvgIpc) is 2.65. The quantitative estimate of drug-likeness (QED) is 0.676. The van der Waals surface area contributed by atoms with E-state index >= 15 is 0 Å². The molecule has 0 unspecified atom stereocenters. The van der Waals surface area contributed by atoms with Gasteiger partial charge in [0.2, 0.25) is 11.8 Å². The van der Waals surface area contributed by atoms with Crippen molar-refractivity contribution in [2.24, 2.45) is 0 Å². The van der Waals surface area contributed by atoms with Crippen LogP contribution in [0.1, 0.15) is 18.1 Å². The Labute approximate surface area is 168 Å². The molecule has 2 rings (SSSR count). The second-order valence-corrected chi connectivity index (χ2v) is 6.68. The van der Waals surface area contributed by atoms with Gasteiger partial charge < -0.3 is 10.6 Å². The Bertz CT molecular complexity index is 863.